The van der Waals surface area contributed by atoms with Crippen LogP contribution in [0.3, 0.4) is 0 Å². The quantitative estimate of drug-likeness (QED) is 0.566. The topological polar surface area (TPSA) is 9.23 Å². The van der Waals surface area contributed by atoms with Crippen molar-refractivity contribution in [3.05, 3.63) is 28.2 Å². The first-order valence-electron chi connectivity index (χ1n) is 3.23. The first-order chi connectivity index (χ1) is 5.59. The van der Waals surface area contributed by atoms with E-state index in [1.54, 1.807) is 0 Å². The lowest BCUT2D eigenvalue weighted by molar-refractivity contribution is 0.572. The van der Waals surface area contributed by atoms with Gasteiger partial charge in [0, 0.05) is 4.47 Å². The number of thiocarbonyl (C=S) groups is 1. The fourth-order valence-electron chi connectivity index (χ4n) is 0.814. The highest BCUT2D eigenvalue weighted by Crippen LogP contribution is 2.22. The predicted octanol–water partition coefficient (Wildman–Crippen LogP) is 3.66. The average Bonchev–Trinajstić information content (AvgIpc) is 1.94. The fraction of sp³-hybridized carbons (Fsp3) is 0.125. The maximum atomic E-state index is 5.42. The SMILES string of the molecule is Cc1cc(Br)ccc1OC(=S)Cl. The van der Waals surface area contributed by atoms with Crippen LogP contribution >= 0.6 is 39.7 Å². The van der Waals surface area contributed by atoms with E-state index in [2.05, 4.69) is 28.1 Å². The van der Waals surface area contributed by atoms with Gasteiger partial charge in [0.15, 0.2) is 0 Å². The summed E-state index contributed by atoms with van der Waals surface area (Å²) in [6.45, 7) is 1.93. The molecule has 0 radical (unpaired) electrons. The summed E-state index contributed by atoms with van der Waals surface area (Å²) in [5, 5.41) is 0. The van der Waals surface area contributed by atoms with Gasteiger partial charge in [0.2, 0.25) is 0 Å². The average molecular weight is 266 g/mol. The van der Waals surface area contributed by atoms with E-state index in [1.165, 1.54) is 0 Å². The largest absolute Gasteiger partial charge is 0.436 e. The van der Waals surface area contributed by atoms with Crippen LogP contribution in [0.1, 0.15) is 5.56 Å². The van der Waals surface area contributed by atoms with Gasteiger partial charge >= 0.3 is 0 Å². The van der Waals surface area contributed by atoms with E-state index in [1.807, 2.05) is 25.1 Å². The second kappa shape index (κ2) is 4.21. The standard InChI is InChI=1S/C8H6BrClOS/c1-5-4-6(9)2-3-7(5)11-8(10)12/h2-4H,1H3. The summed E-state index contributed by atoms with van der Waals surface area (Å²) in [6, 6.07) is 5.62. The Kier molecular flexibility index (Phi) is 3.50. The zero-order valence-electron chi connectivity index (χ0n) is 6.30. The van der Waals surface area contributed by atoms with E-state index in [9.17, 15) is 0 Å². The van der Waals surface area contributed by atoms with Gasteiger partial charge in [-0.25, -0.2) is 0 Å². The van der Waals surface area contributed by atoms with Crippen molar-refractivity contribution >= 4 is 44.3 Å². The molecule has 0 spiro atoms. The third-order valence-electron chi connectivity index (χ3n) is 1.33. The molecule has 12 heavy (non-hydrogen) atoms. The molecule has 0 saturated heterocycles. The van der Waals surface area contributed by atoms with Crippen LogP contribution in [0.2, 0.25) is 0 Å². The molecule has 4 heteroatoms. The minimum atomic E-state index is 0.0143. The first-order valence-corrected chi connectivity index (χ1v) is 4.81. The molecule has 0 aliphatic carbocycles. The van der Waals surface area contributed by atoms with Crippen molar-refractivity contribution in [1.29, 1.82) is 0 Å². The predicted molar refractivity (Wildman–Crippen MR) is 58.0 cm³/mol. The first kappa shape index (κ1) is 9.96. The number of hydrogen-bond acceptors (Lipinski definition) is 2. The van der Waals surface area contributed by atoms with E-state index >= 15 is 0 Å². The fourth-order valence-corrected chi connectivity index (χ4v) is 1.46. The van der Waals surface area contributed by atoms with Crippen LogP contribution in [-0.2, 0) is 0 Å². The zero-order valence-corrected chi connectivity index (χ0v) is 9.46. The van der Waals surface area contributed by atoms with Gasteiger partial charge in [-0.1, -0.05) is 15.9 Å². The molecule has 0 aliphatic rings. The van der Waals surface area contributed by atoms with Crippen molar-refractivity contribution in [2.24, 2.45) is 0 Å². The molecule has 1 nitrogen and oxygen atoms in total. The normalized spacial score (nSPS) is 9.58. The van der Waals surface area contributed by atoms with Crippen molar-refractivity contribution in [3.63, 3.8) is 0 Å². The van der Waals surface area contributed by atoms with Gasteiger partial charge in [0.25, 0.3) is 4.51 Å². The highest BCUT2D eigenvalue weighted by molar-refractivity contribution is 9.10. The van der Waals surface area contributed by atoms with Crippen molar-refractivity contribution in [3.8, 4) is 5.75 Å². The maximum Gasteiger partial charge on any atom is 0.260 e. The number of halogens is 2. The Labute approximate surface area is 89.8 Å². The van der Waals surface area contributed by atoms with Crippen LogP contribution in [0.4, 0.5) is 0 Å². The van der Waals surface area contributed by atoms with Crippen LogP contribution in [0, 0.1) is 6.92 Å². The molecule has 0 amide bonds. The Bertz CT molecular complexity index is 314. The van der Waals surface area contributed by atoms with Gasteiger partial charge in [-0.2, -0.15) is 0 Å². The molecule has 0 unspecified atom stereocenters. The molecule has 1 aromatic carbocycles. The van der Waals surface area contributed by atoms with Crippen LogP contribution in [0.25, 0.3) is 0 Å². The molecule has 0 aliphatic heterocycles. The van der Waals surface area contributed by atoms with Crippen molar-refractivity contribution < 1.29 is 4.74 Å². The Morgan fingerprint density at radius 3 is 2.75 bits per heavy atom. The van der Waals surface area contributed by atoms with E-state index in [4.69, 9.17) is 16.3 Å². The monoisotopic (exact) mass is 264 g/mol. The van der Waals surface area contributed by atoms with Gasteiger partial charge in [0.05, 0.1) is 0 Å². The van der Waals surface area contributed by atoms with Gasteiger partial charge in [-0.15, -0.1) is 0 Å². The third-order valence-corrected chi connectivity index (χ3v) is 1.98. The van der Waals surface area contributed by atoms with E-state index in [-0.39, 0.29) is 4.51 Å². The lowest BCUT2D eigenvalue weighted by atomic mass is 10.2. The Morgan fingerprint density at radius 1 is 1.58 bits per heavy atom. The molecule has 0 fully saturated rings. The van der Waals surface area contributed by atoms with Crippen molar-refractivity contribution in [1.82, 2.24) is 0 Å². The molecular weight excluding hydrogens is 260 g/mol. The van der Waals surface area contributed by atoms with Crippen LogP contribution in [0.15, 0.2) is 22.7 Å². The van der Waals surface area contributed by atoms with Gasteiger partial charge in [0.1, 0.15) is 5.75 Å². The van der Waals surface area contributed by atoms with Gasteiger partial charge < -0.3 is 4.74 Å². The Balaban J connectivity index is 2.93. The molecule has 1 aromatic rings. The number of aryl methyl sites for hydroxylation is 1. The second-order valence-electron chi connectivity index (χ2n) is 2.25. The summed E-state index contributed by atoms with van der Waals surface area (Å²) in [5.74, 6) is 0.693. The molecule has 1 rings (SSSR count). The zero-order chi connectivity index (χ0) is 9.14. The van der Waals surface area contributed by atoms with Crippen LogP contribution in [-0.4, -0.2) is 4.51 Å². The molecule has 0 N–H and O–H groups in total. The summed E-state index contributed by atoms with van der Waals surface area (Å²) in [7, 11) is 0. The lowest BCUT2D eigenvalue weighted by Gasteiger charge is -2.04. The molecule has 64 valence electrons. The van der Waals surface area contributed by atoms with E-state index in [0.29, 0.717) is 5.75 Å². The summed E-state index contributed by atoms with van der Waals surface area (Å²) >= 11 is 13.4. The summed E-state index contributed by atoms with van der Waals surface area (Å²) in [4.78, 5) is 0. The van der Waals surface area contributed by atoms with Crippen LogP contribution in [0.5, 0.6) is 5.75 Å². The van der Waals surface area contributed by atoms with Crippen molar-refractivity contribution in [2.45, 2.75) is 6.92 Å². The highest BCUT2D eigenvalue weighted by atomic mass is 79.9. The van der Waals surface area contributed by atoms with Crippen LogP contribution < -0.4 is 4.74 Å². The van der Waals surface area contributed by atoms with Crippen molar-refractivity contribution in [2.75, 3.05) is 0 Å². The number of ether oxygens (including phenoxy) is 1. The Morgan fingerprint density at radius 2 is 2.25 bits per heavy atom. The van der Waals surface area contributed by atoms with E-state index < -0.39 is 0 Å². The summed E-state index contributed by atoms with van der Waals surface area (Å²) < 4.78 is 6.10. The third kappa shape index (κ3) is 2.73. The second-order valence-corrected chi connectivity index (χ2v) is 4.10. The maximum absolute atomic E-state index is 5.42. The minimum Gasteiger partial charge on any atom is -0.436 e. The molecular formula is C8H6BrClOS. The molecule has 0 heterocycles. The van der Waals surface area contributed by atoms with Gasteiger partial charge in [-0.05, 0) is 54.5 Å². The van der Waals surface area contributed by atoms with E-state index in [0.717, 1.165) is 10.0 Å². The minimum absolute atomic E-state index is 0.0143. The lowest BCUT2D eigenvalue weighted by Crippen LogP contribution is -1.97. The molecule has 0 bridgehead atoms. The smallest absolute Gasteiger partial charge is 0.260 e. The molecule has 0 atom stereocenters. The van der Waals surface area contributed by atoms with Gasteiger partial charge in [-0.3, -0.25) is 0 Å². The highest BCUT2D eigenvalue weighted by Gasteiger charge is 2.01. The number of hydrogen-bond donors (Lipinski definition) is 0. The summed E-state index contributed by atoms with van der Waals surface area (Å²) in [6.07, 6.45) is 0. The molecule has 0 aromatic heterocycles. The Hall–Kier alpha value is -0.120. The number of rotatable bonds is 1. The molecule has 0 saturated carbocycles. The summed E-state index contributed by atoms with van der Waals surface area (Å²) in [5.41, 5.74) is 0.993. The number of benzene rings is 1.